The number of aromatic nitrogens is 2. The second-order valence-corrected chi connectivity index (χ2v) is 5.63. The second kappa shape index (κ2) is 6.26. The van der Waals surface area contributed by atoms with Crippen molar-refractivity contribution in [2.24, 2.45) is 5.73 Å². The van der Waals surface area contributed by atoms with Crippen LogP contribution >= 0.6 is 15.9 Å². The zero-order chi connectivity index (χ0) is 13.8. The van der Waals surface area contributed by atoms with Gasteiger partial charge in [-0.25, -0.2) is 9.97 Å². The summed E-state index contributed by atoms with van der Waals surface area (Å²) in [7, 11) is 0. The van der Waals surface area contributed by atoms with Crippen molar-refractivity contribution in [1.29, 1.82) is 0 Å². The molecule has 1 unspecified atom stereocenters. The van der Waals surface area contributed by atoms with E-state index in [9.17, 15) is 0 Å². The van der Waals surface area contributed by atoms with Gasteiger partial charge in [0.15, 0.2) is 5.82 Å². The first-order valence-corrected chi connectivity index (χ1v) is 7.22. The Hall–Kier alpha value is -1.26. The van der Waals surface area contributed by atoms with E-state index in [0.717, 1.165) is 34.3 Å². The van der Waals surface area contributed by atoms with Gasteiger partial charge in [0.25, 0.3) is 0 Å². The maximum absolute atomic E-state index is 5.93. The molecule has 0 spiro atoms. The number of halogens is 1. The topological polar surface area (TPSA) is 51.8 Å². The summed E-state index contributed by atoms with van der Waals surface area (Å²) < 4.78 is 1.02. The van der Waals surface area contributed by atoms with Gasteiger partial charge in [0.1, 0.15) is 0 Å². The van der Waals surface area contributed by atoms with Crippen molar-refractivity contribution >= 4 is 15.9 Å². The molecule has 19 heavy (non-hydrogen) atoms. The highest BCUT2D eigenvalue weighted by Crippen LogP contribution is 2.26. The van der Waals surface area contributed by atoms with E-state index in [1.807, 2.05) is 18.5 Å². The molecule has 3 nitrogen and oxygen atoms in total. The summed E-state index contributed by atoms with van der Waals surface area (Å²) in [6.45, 7) is 4.15. The Kier molecular flexibility index (Phi) is 4.66. The number of hydrogen-bond donors (Lipinski definition) is 1. The van der Waals surface area contributed by atoms with Crippen LogP contribution in [0.15, 0.2) is 35.1 Å². The third-order valence-corrected chi connectivity index (χ3v) is 3.75. The average molecular weight is 320 g/mol. The number of nitrogens with two attached hydrogens (primary N) is 1. The van der Waals surface area contributed by atoms with Gasteiger partial charge in [-0.15, -0.1) is 0 Å². The molecule has 2 aromatic rings. The van der Waals surface area contributed by atoms with Crippen LogP contribution in [0.4, 0.5) is 0 Å². The van der Waals surface area contributed by atoms with Gasteiger partial charge < -0.3 is 5.73 Å². The number of aryl methyl sites for hydroxylation is 1. The maximum atomic E-state index is 5.93. The van der Waals surface area contributed by atoms with Gasteiger partial charge in [-0.3, -0.25) is 0 Å². The number of nitrogens with zero attached hydrogens (tertiary/aromatic N) is 2. The summed E-state index contributed by atoms with van der Waals surface area (Å²) in [6.07, 6.45) is 5.52. The van der Waals surface area contributed by atoms with Crippen molar-refractivity contribution in [3.05, 3.63) is 46.2 Å². The van der Waals surface area contributed by atoms with Crippen molar-refractivity contribution in [1.82, 2.24) is 9.97 Å². The quantitative estimate of drug-likeness (QED) is 0.938. The molecule has 1 heterocycles. The van der Waals surface area contributed by atoms with Crippen LogP contribution in [0.1, 0.15) is 24.5 Å². The van der Waals surface area contributed by atoms with Crippen molar-refractivity contribution in [2.75, 3.05) is 0 Å². The normalized spacial score (nSPS) is 12.4. The largest absolute Gasteiger partial charge is 0.327 e. The number of hydrogen-bond acceptors (Lipinski definition) is 3. The first-order valence-electron chi connectivity index (χ1n) is 6.43. The van der Waals surface area contributed by atoms with Crippen molar-refractivity contribution in [3.63, 3.8) is 0 Å². The zero-order valence-electron chi connectivity index (χ0n) is 11.2. The van der Waals surface area contributed by atoms with E-state index in [4.69, 9.17) is 5.73 Å². The van der Waals surface area contributed by atoms with Gasteiger partial charge in [-0.1, -0.05) is 28.9 Å². The molecule has 0 radical (unpaired) electrons. The molecule has 0 saturated carbocycles. The molecule has 0 saturated heterocycles. The minimum atomic E-state index is 0.181. The summed E-state index contributed by atoms with van der Waals surface area (Å²) in [5.41, 5.74) is 9.24. The summed E-state index contributed by atoms with van der Waals surface area (Å²) in [6, 6.07) is 6.34. The third-order valence-electron chi connectivity index (χ3n) is 3.09. The predicted molar refractivity (Wildman–Crippen MR) is 81.9 cm³/mol. The van der Waals surface area contributed by atoms with Gasteiger partial charge in [-0.2, -0.15) is 0 Å². The highest BCUT2D eigenvalue weighted by Gasteiger charge is 2.07. The monoisotopic (exact) mass is 319 g/mol. The van der Waals surface area contributed by atoms with Gasteiger partial charge in [0.05, 0.1) is 0 Å². The third kappa shape index (κ3) is 3.61. The van der Waals surface area contributed by atoms with E-state index in [1.165, 1.54) is 5.56 Å². The lowest BCUT2D eigenvalue weighted by Gasteiger charge is -2.09. The van der Waals surface area contributed by atoms with E-state index in [1.54, 1.807) is 0 Å². The molecule has 2 rings (SSSR count). The molecule has 0 fully saturated rings. The molecule has 0 aliphatic heterocycles. The Morgan fingerprint density at radius 2 is 1.95 bits per heavy atom. The van der Waals surface area contributed by atoms with Gasteiger partial charge in [0, 0.05) is 28.5 Å². The Bertz CT molecular complexity index is 552. The summed E-state index contributed by atoms with van der Waals surface area (Å²) in [4.78, 5) is 8.86. The fourth-order valence-corrected chi connectivity index (χ4v) is 2.52. The van der Waals surface area contributed by atoms with Crippen LogP contribution < -0.4 is 5.73 Å². The van der Waals surface area contributed by atoms with E-state index < -0.39 is 0 Å². The highest BCUT2D eigenvalue weighted by atomic mass is 79.9. The van der Waals surface area contributed by atoms with Crippen molar-refractivity contribution < 1.29 is 0 Å². The van der Waals surface area contributed by atoms with Crippen molar-refractivity contribution in [3.8, 4) is 11.4 Å². The first-order chi connectivity index (χ1) is 9.10. The predicted octanol–water partition coefficient (Wildman–Crippen LogP) is 3.49. The second-order valence-electron chi connectivity index (χ2n) is 4.77. The Balaban J connectivity index is 2.22. The fourth-order valence-electron chi connectivity index (χ4n) is 1.85. The van der Waals surface area contributed by atoms with E-state index in [2.05, 4.69) is 51.9 Å². The molecule has 100 valence electrons. The standard InChI is InChI=1S/C15H18BrN3/c1-3-12(17)7-11-8-18-15(19-9-11)13-5-4-10(2)6-14(13)16/h4-6,8-9,12H,3,7,17H2,1-2H3. The Morgan fingerprint density at radius 1 is 1.26 bits per heavy atom. The van der Waals surface area contributed by atoms with Crippen molar-refractivity contribution in [2.45, 2.75) is 32.7 Å². The zero-order valence-corrected chi connectivity index (χ0v) is 12.8. The molecule has 2 N–H and O–H groups in total. The van der Waals surface area contributed by atoms with Crippen LogP contribution in [-0.2, 0) is 6.42 Å². The minimum absolute atomic E-state index is 0.181. The van der Waals surface area contributed by atoms with Crippen LogP contribution in [-0.4, -0.2) is 16.0 Å². The molecule has 0 aliphatic carbocycles. The minimum Gasteiger partial charge on any atom is -0.327 e. The molecular formula is C15H18BrN3. The highest BCUT2D eigenvalue weighted by molar-refractivity contribution is 9.10. The van der Waals surface area contributed by atoms with Gasteiger partial charge in [-0.05, 0) is 43.0 Å². The Morgan fingerprint density at radius 3 is 2.53 bits per heavy atom. The lowest BCUT2D eigenvalue weighted by molar-refractivity contribution is 0.643. The Labute approximate surface area is 122 Å². The molecule has 4 heteroatoms. The van der Waals surface area contributed by atoms with Crippen LogP contribution in [0.5, 0.6) is 0 Å². The SMILES string of the molecule is CCC(N)Cc1cnc(-c2ccc(C)cc2Br)nc1. The van der Waals surface area contributed by atoms with Crippen LogP contribution in [0.25, 0.3) is 11.4 Å². The van der Waals surface area contributed by atoms with E-state index in [-0.39, 0.29) is 6.04 Å². The first kappa shape index (κ1) is 14.2. The summed E-state index contributed by atoms with van der Waals surface area (Å²) in [5.74, 6) is 0.737. The summed E-state index contributed by atoms with van der Waals surface area (Å²) >= 11 is 3.55. The van der Waals surface area contributed by atoms with Gasteiger partial charge >= 0.3 is 0 Å². The molecule has 1 aromatic carbocycles. The lowest BCUT2D eigenvalue weighted by Crippen LogP contribution is -2.21. The fraction of sp³-hybridized carbons (Fsp3) is 0.333. The molecule has 1 aromatic heterocycles. The van der Waals surface area contributed by atoms with Crippen LogP contribution in [0, 0.1) is 6.92 Å². The smallest absolute Gasteiger partial charge is 0.160 e. The molecule has 0 aliphatic rings. The molecule has 1 atom stereocenters. The maximum Gasteiger partial charge on any atom is 0.160 e. The van der Waals surface area contributed by atoms with Crippen LogP contribution in [0.2, 0.25) is 0 Å². The average Bonchev–Trinajstić information content (AvgIpc) is 2.40. The number of rotatable bonds is 4. The van der Waals surface area contributed by atoms with E-state index in [0.29, 0.717) is 0 Å². The van der Waals surface area contributed by atoms with E-state index >= 15 is 0 Å². The van der Waals surface area contributed by atoms with Gasteiger partial charge in [0.2, 0.25) is 0 Å². The molecule has 0 bridgehead atoms. The number of benzene rings is 1. The molecule has 0 amide bonds. The lowest BCUT2D eigenvalue weighted by atomic mass is 10.1. The molecular weight excluding hydrogens is 302 g/mol. The van der Waals surface area contributed by atoms with Crippen LogP contribution in [0.3, 0.4) is 0 Å². The summed E-state index contributed by atoms with van der Waals surface area (Å²) in [5, 5.41) is 0.